The molecule has 0 aliphatic heterocycles. The molecule has 0 aromatic carbocycles. The van der Waals surface area contributed by atoms with E-state index in [1.807, 2.05) is 0 Å². The first kappa shape index (κ1) is 9.09. The summed E-state index contributed by atoms with van der Waals surface area (Å²) >= 11 is 0. The molecule has 0 heteroatoms. The molecular formula is C11H22. The molecule has 0 aromatic heterocycles. The highest BCUT2D eigenvalue weighted by atomic mass is 14.4. The predicted octanol–water partition coefficient (Wildman–Crippen LogP) is 4.00. The van der Waals surface area contributed by atoms with Crippen LogP contribution in [0.25, 0.3) is 0 Å². The molecule has 1 aliphatic carbocycles. The summed E-state index contributed by atoms with van der Waals surface area (Å²) < 4.78 is 0. The van der Waals surface area contributed by atoms with E-state index >= 15 is 0 Å². The van der Waals surface area contributed by atoms with Crippen molar-refractivity contribution < 1.29 is 0 Å². The van der Waals surface area contributed by atoms with E-state index in [2.05, 4.69) is 20.8 Å². The molecule has 1 saturated carbocycles. The smallest absolute Gasteiger partial charge is 0.0321 e. The van der Waals surface area contributed by atoms with E-state index in [4.69, 9.17) is 0 Å². The van der Waals surface area contributed by atoms with Gasteiger partial charge < -0.3 is 0 Å². The fourth-order valence-electron chi connectivity index (χ4n) is 2.63. The zero-order valence-electron chi connectivity index (χ0n) is 8.32. The Morgan fingerprint density at radius 3 is 2.36 bits per heavy atom. The van der Waals surface area contributed by atoms with Crippen LogP contribution in [0.3, 0.4) is 0 Å². The highest BCUT2D eigenvalue weighted by Gasteiger charge is 2.36. The first-order chi connectivity index (χ1) is 5.16. The molecule has 0 radical (unpaired) electrons. The Morgan fingerprint density at radius 2 is 1.91 bits per heavy atom. The maximum atomic E-state index is 2.46. The molecule has 0 N–H and O–H groups in total. The molecule has 0 bridgehead atoms. The first-order valence-corrected chi connectivity index (χ1v) is 5.16. The quantitative estimate of drug-likeness (QED) is 0.537. The summed E-state index contributed by atoms with van der Waals surface area (Å²) in [6.45, 7) is 7.12. The van der Waals surface area contributed by atoms with Crippen LogP contribution in [0.1, 0.15) is 59.3 Å². The molecule has 0 atom stereocenters. The lowest BCUT2D eigenvalue weighted by atomic mass is 9.62. The lowest BCUT2D eigenvalue weighted by molar-refractivity contribution is 0.0743. The monoisotopic (exact) mass is 154 g/mol. The van der Waals surface area contributed by atoms with Crippen LogP contribution in [0.4, 0.5) is 0 Å². The van der Waals surface area contributed by atoms with E-state index in [9.17, 15) is 0 Å². The number of hydrogen-bond acceptors (Lipinski definition) is 0. The second-order valence-electron chi connectivity index (χ2n) is 4.78. The van der Waals surface area contributed by atoms with Crippen molar-refractivity contribution in [3.05, 3.63) is 0 Å². The van der Waals surface area contributed by atoms with E-state index in [-0.39, 0.29) is 0 Å². The van der Waals surface area contributed by atoms with Crippen molar-refractivity contribution in [2.24, 2.45) is 11.3 Å². The summed E-state index contributed by atoms with van der Waals surface area (Å²) in [4.78, 5) is 0. The van der Waals surface area contributed by atoms with Gasteiger partial charge in [0, 0.05) is 0 Å². The van der Waals surface area contributed by atoms with Gasteiger partial charge in [0.05, 0.1) is 0 Å². The van der Waals surface area contributed by atoms with E-state index in [0.717, 1.165) is 11.3 Å². The zero-order valence-corrected chi connectivity index (χ0v) is 8.32. The van der Waals surface area contributed by atoms with Gasteiger partial charge in [-0.25, -0.2) is 0 Å². The zero-order chi connectivity index (χ0) is 8.32. The highest BCUT2D eigenvalue weighted by Crippen LogP contribution is 2.48. The molecule has 11 heavy (non-hydrogen) atoms. The van der Waals surface area contributed by atoms with E-state index in [1.54, 1.807) is 0 Å². The molecular weight excluding hydrogens is 132 g/mol. The second kappa shape index (κ2) is 3.60. The standard InChI is InChI=1S/C11H22/c1-4-5-6-7-11(3)8-10(2)9-11/h10H,4-9H2,1-3H3. The lowest BCUT2D eigenvalue weighted by Crippen LogP contribution is -2.32. The van der Waals surface area contributed by atoms with E-state index < -0.39 is 0 Å². The van der Waals surface area contributed by atoms with Gasteiger partial charge in [-0.3, -0.25) is 0 Å². The predicted molar refractivity (Wildman–Crippen MR) is 50.6 cm³/mol. The Kier molecular flexibility index (Phi) is 2.98. The molecule has 0 spiro atoms. The van der Waals surface area contributed by atoms with Gasteiger partial charge in [-0.2, -0.15) is 0 Å². The normalized spacial score (nSPS) is 36.8. The molecule has 0 unspecified atom stereocenters. The van der Waals surface area contributed by atoms with Gasteiger partial charge >= 0.3 is 0 Å². The van der Waals surface area contributed by atoms with E-state index in [1.165, 1.54) is 38.5 Å². The van der Waals surface area contributed by atoms with Crippen LogP contribution >= 0.6 is 0 Å². The van der Waals surface area contributed by atoms with Crippen LogP contribution in [0.15, 0.2) is 0 Å². The third-order valence-corrected chi connectivity index (χ3v) is 3.07. The maximum absolute atomic E-state index is 2.46. The third kappa shape index (κ3) is 2.50. The Morgan fingerprint density at radius 1 is 1.27 bits per heavy atom. The maximum Gasteiger partial charge on any atom is -0.0321 e. The molecule has 1 fully saturated rings. The molecule has 0 amide bonds. The largest absolute Gasteiger partial charge is 0.0654 e. The summed E-state index contributed by atoms with van der Waals surface area (Å²) in [6, 6.07) is 0. The third-order valence-electron chi connectivity index (χ3n) is 3.07. The lowest BCUT2D eigenvalue weighted by Gasteiger charge is -2.44. The minimum atomic E-state index is 0.745. The molecule has 0 heterocycles. The van der Waals surface area contributed by atoms with Crippen LogP contribution in [0.5, 0.6) is 0 Å². The van der Waals surface area contributed by atoms with Crippen molar-refractivity contribution in [3.8, 4) is 0 Å². The number of rotatable bonds is 4. The molecule has 0 aromatic rings. The Bertz CT molecular complexity index is 109. The minimum absolute atomic E-state index is 0.745. The fourth-order valence-corrected chi connectivity index (χ4v) is 2.63. The van der Waals surface area contributed by atoms with E-state index in [0.29, 0.717) is 0 Å². The van der Waals surface area contributed by atoms with Gasteiger partial charge in [0.25, 0.3) is 0 Å². The summed E-state index contributed by atoms with van der Waals surface area (Å²) in [5.74, 6) is 1.02. The summed E-state index contributed by atoms with van der Waals surface area (Å²) in [6.07, 6.45) is 8.70. The Hall–Kier alpha value is 0. The SMILES string of the molecule is CCCCCC1(C)CC(C)C1. The topological polar surface area (TPSA) is 0 Å². The van der Waals surface area contributed by atoms with Gasteiger partial charge in [0.2, 0.25) is 0 Å². The van der Waals surface area contributed by atoms with Crippen molar-refractivity contribution in [1.29, 1.82) is 0 Å². The van der Waals surface area contributed by atoms with Crippen LogP contribution in [0.2, 0.25) is 0 Å². The van der Waals surface area contributed by atoms with Gasteiger partial charge in [0.1, 0.15) is 0 Å². The molecule has 0 nitrogen and oxygen atoms in total. The van der Waals surface area contributed by atoms with Gasteiger partial charge in [-0.05, 0) is 30.6 Å². The van der Waals surface area contributed by atoms with Gasteiger partial charge in [-0.1, -0.05) is 40.0 Å². The fraction of sp³-hybridized carbons (Fsp3) is 1.00. The van der Waals surface area contributed by atoms with Crippen molar-refractivity contribution in [3.63, 3.8) is 0 Å². The summed E-state index contributed by atoms with van der Waals surface area (Å²) in [5.41, 5.74) is 0.745. The Balaban J connectivity index is 2.07. The average Bonchev–Trinajstić information content (AvgIpc) is 1.85. The molecule has 1 rings (SSSR count). The van der Waals surface area contributed by atoms with Crippen molar-refractivity contribution >= 4 is 0 Å². The van der Waals surface area contributed by atoms with Crippen LogP contribution in [-0.2, 0) is 0 Å². The highest BCUT2D eigenvalue weighted by molar-refractivity contribution is 4.87. The molecule has 0 saturated heterocycles. The van der Waals surface area contributed by atoms with Crippen LogP contribution in [0, 0.1) is 11.3 Å². The van der Waals surface area contributed by atoms with Crippen molar-refractivity contribution in [1.82, 2.24) is 0 Å². The van der Waals surface area contributed by atoms with Crippen LogP contribution < -0.4 is 0 Å². The molecule has 1 aliphatic rings. The summed E-state index contributed by atoms with van der Waals surface area (Å²) in [5, 5.41) is 0. The Labute approximate surface area is 71.4 Å². The first-order valence-electron chi connectivity index (χ1n) is 5.16. The summed E-state index contributed by atoms with van der Waals surface area (Å²) in [7, 11) is 0. The number of hydrogen-bond donors (Lipinski definition) is 0. The van der Waals surface area contributed by atoms with Crippen molar-refractivity contribution in [2.75, 3.05) is 0 Å². The van der Waals surface area contributed by atoms with Gasteiger partial charge in [-0.15, -0.1) is 0 Å². The van der Waals surface area contributed by atoms with Gasteiger partial charge in [0.15, 0.2) is 0 Å². The van der Waals surface area contributed by atoms with Crippen molar-refractivity contribution in [2.45, 2.75) is 59.3 Å². The number of unbranched alkanes of at least 4 members (excludes halogenated alkanes) is 2. The molecule has 66 valence electrons. The van der Waals surface area contributed by atoms with Crippen LogP contribution in [-0.4, -0.2) is 0 Å². The minimum Gasteiger partial charge on any atom is -0.0654 e. The second-order valence-corrected chi connectivity index (χ2v) is 4.78. The average molecular weight is 154 g/mol.